The molecule has 0 fully saturated rings. The predicted molar refractivity (Wildman–Crippen MR) is 85.3 cm³/mol. The maximum Gasteiger partial charge on any atom is 0.133 e. The maximum atomic E-state index is 10.5. The van der Waals surface area contributed by atoms with Crippen LogP contribution in [-0.4, -0.2) is 12.2 Å². The van der Waals surface area contributed by atoms with Crippen LogP contribution in [0.15, 0.2) is 40.9 Å². The lowest BCUT2D eigenvalue weighted by atomic mass is 9.96. The predicted octanol–water partition coefficient (Wildman–Crippen LogP) is 4.35. The Hall–Kier alpha value is -1.32. The molecule has 0 saturated carbocycles. The number of ether oxygens (including phenoxy) is 1. The van der Waals surface area contributed by atoms with Crippen LogP contribution in [-0.2, 0) is 6.42 Å². The van der Waals surface area contributed by atoms with Crippen molar-refractivity contribution in [3.8, 4) is 5.75 Å². The fraction of sp³-hybridized carbons (Fsp3) is 0.294. The molecule has 0 bridgehead atoms. The molecule has 1 unspecified atom stereocenters. The van der Waals surface area contributed by atoms with Crippen LogP contribution in [0.5, 0.6) is 5.75 Å². The van der Waals surface area contributed by atoms with Crippen molar-refractivity contribution in [3.05, 3.63) is 63.1 Å². The van der Waals surface area contributed by atoms with Gasteiger partial charge < -0.3 is 9.84 Å². The highest BCUT2D eigenvalue weighted by atomic mass is 79.9. The number of methoxy groups -OCH3 is 1. The number of rotatable bonds is 4. The minimum absolute atomic E-state index is 0.491. The molecule has 3 heteroatoms. The van der Waals surface area contributed by atoms with Gasteiger partial charge in [0, 0.05) is 6.42 Å². The minimum Gasteiger partial charge on any atom is -0.496 e. The van der Waals surface area contributed by atoms with Gasteiger partial charge in [0.25, 0.3) is 0 Å². The van der Waals surface area contributed by atoms with E-state index >= 15 is 0 Å². The van der Waals surface area contributed by atoms with Gasteiger partial charge in [-0.05, 0) is 58.6 Å². The Bertz CT molecular complexity index is 608. The van der Waals surface area contributed by atoms with Crippen LogP contribution in [0.25, 0.3) is 0 Å². The zero-order valence-corrected chi connectivity index (χ0v) is 13.6. The molecular formula is C17H19BrO2. The Morgan fingerprint density at radius 3 is 2.55 bits per heavy atom. The van der Waals surface area contributed by atoms with Crippen molar-refractivity contribution in [2.45, 2.75) is 26.4 Å². The first-order valence-electron chi connectivity index (χ1n) is 6.59. The average molecular weight is 335 g/mol. The quantitative estimate of drug-likeness (QED) is 0.900. The minimum atomic E-state index is -0.491. The van der Waals surface area contributed by atoms with Crippen molar-refractivity contribution >= 4 is 15.9 Å². The molecule has 1 N–H and O–H groups in total. The highest BCUT2D eigenvalue weighted by molar-refractivity contribution is 9.10. The van der Waals surface area contributed by atoms with Crippen molar-refractivity contribution < 1.29 is 9.84 Å². The second-order valence-electron chi connectivity index (χ2n) is 5.05. The summed E-state index contributed by atoms with van der Waals surface area (Å²) in [5.74, 6) is 0.801. The van der Waals surface area contributed by atoms with Gasteiger partial charge in [-0.25, -0.2) is 0 Å². The summed E-state index contributed by atoms with van der Waals surface area (Å²) < 4.78 is 6.12. The summed E-state index contributed by atoms with van der Waals surface area (Å²) in [5, 5.41) is 10.5. The first-order chi connectivity index (χ1) is 9.51. The fourth-order valence-electron chi connectivity index (χ4n) is 2.29. The third-order valence-corrected chi connectivity index (χ3v) is 4.06. The number of benzene rings is 2. The standard InChI is InChI=1S/C17H19BrO2/c1-11-4-5-12(2)14(8-11)16(19)10-13-6-7-17(20-3)15(18)9-13/h4-9,16,19H,10H2,1-3H3. The van der Waals surface area contributed by atoms with Crippen LogP contribution in [0, 0.1) is 13.8 Å². The normalized spacial score (nSPS) is 12.2. The zero-order chi connectivity index (χ0) is 14.7. The highest BCUT2D eigenvalue weighted by Crippen LogP contribution is 2.28. The lowest BCUT2D eigenvalue weighted by molar-refractivity contribution is 0.177. The smallest absolute Gasteiger partial charge is 0.133 e. The van der Waals surface area contributed by atoms with Gasteiger partial charge in [0.05, 0.1) is 17.7 Å². The largest absolute Gasteiger partial charge is 0.496 e. The lowest BCUT2D eigenvalue weighted by Crippen LogP contribution is -2.04. The zero-order valence-electron chi connectivity index (χ0n) is 12.0. The summed E-state index contributed by atoms with van der Waals surface area (Å²) in [4.78, 5) is 0. The molecule has 0 aliphatic carbocycles. The third-order valence-electron chi connectivity index (χ3n) is 3.44. The Balaban J connectivity index is 2.21. The number of hydrogen-bond acceptors (Lipinski definition) is 2. The summed E-state index contributed by atoms with van der Waals surface area (Å²) in [7, 11) is 1.64. The molecule has 1 atom stereocenters. The van der Waals surface area contributed by atoms with Crippen molar-refractivity contribution in [1.82, 2.24) is 0 Å². The van der Waals surface area contributed by atoms with E-state index in [1.165, 1.54) is 5.56 Å². The van der Waals surface area contributed by atoms with Gasteiger partial charge in [-0.15, -0.1) is 0 Å². The topological polar surface area (TPSA) is 29.5 Å². The Labute approximate surface area is 128 Å². The molecule has 2 nitrogen and oxygen atoms in total. The van der Waals surface area contributed by atoms with Crippen molar-refractivity contribution in [2.24, 2.45) is 0 Å². The molecule has 0 aliphatic heterocycles. The van der Waals surface area contributed by atoms with E-state index in [9.17, 15) is 5.11 Å². The number of halogens is 1. The molecule has 0 radical (unpaired) electrons. The van der Waals surface area contributed by atoms with Crippen molar-refractivity contribution in [1.29, 1.82) is 0 Å². The van der Waals surface area contributed by atoms with Crippen molar-refractivity contribution in [2.75, 3.05) is 7.11 Å². The van der Waals surface area contributed by atoms with E-state index < -0.39 is 6.10 Å². The van der Waals surface area contributed by atoms with Gasteiger partial charge in [-0.3, -0.25) is 0 Å². The number of aryl methyl sites for hydroxylation is 2. The van der Waals surface area contributed by atoms with E-state index in [0.717, 1.165) is 26.9 Å². The second-order valence-corrected chi connectivity index (χ2v) is 5.90. The van der Waals surface area contributed by atoms with E-state index in [-0.39, 0.29) is 0 Å². The molecule has 2 aromatic carbocycles. The number of aliphatic hydroxyl groups excluding tert-OH is 1. The van der Waals surface area contributed by atoms with E-state index in [1.807, 2.05) is 32.0 Å². The molecule has 0 aromatic heterocycles. The number of aliphatic hydroxyl groups is 1. The van der Waals surface area contributed by atoms with Gasteiger partial charge in [0.1, 0.15) is 5.75 Å². The summed E-state index contributed by atoms with van der Waals surface area (Å²) in [6, 6.07) is 12.1. The molecule has 0 aliphatic rings. The summed E-state index contributed by atoms with van der Waals surface area (Å²) in [6.45, 7) is 4.07. The molecule has 0 spiro atoms. The SMILES string of the molecule is COc1ccc(CC(O)c2cc(C)ccc2C)cc1Br. The first kappa shape index (κ1) is 15.1. The lowest BCUT2D eigenvalue weighted by Gasteiger charge is -2.15. The first-order valence-corrected chi connectivity index (χ1v) is 7.38. The fourth-order valence-corrected chi connectivity index (χ4v) is 2.88. The summed E-state index contributed by atoms with van der Waals surface area (Å²) in [5.41, 5.74) is 4.36. The van der Waals surface area contributed by atoms with Gasteiger partial charge >= 0.3 is 0 Å². The molecule has 2 aromatic rings. The molecule has 20 heavy (non-hydrogen) atoms. The third kappa shape index (κ3) is 3.41. The van der Waals surface area contributed by atoms with Gasteiger partial charge in [0.2, 0.25) is 0 Å². The van der Waals surface area contributed by atoms with Crippen LogP contribution < -0.4 is 4.74 Å². The average Bonchev–Trinajstić information content (AvgIpc) is 2.41. The van der Waals surface area contributed by atoms with E-state index in [4.69, 9.17) is 4.74 Å². The van der Waals surface area contributed by atoms with E-state index in [0.29, 0.717) is 6.42 Å². The Morgan fingerprint density at radius 1 is 1.15 bits per heavy atom. The monoisotopic (exact) mass is 334 g/mol. The van der Waals surface area contributed by atoms with Crippen LogP contribution in [0.2, 0.25) is 0 Å². The summed E-state index contributed by atoms with van der Waals surface area (Å²) in [6.07, 6.45) is 0.0996. The van der Waals surface area contributed by atoms with Crippen LogP contribution >= 0.6 is 15.9 Å². The Kier molecular flexibility index (Phi) is 4.84. The van der Waals surface area contributed by atoms with Crippen LogP contribution in [0.3, 0.4) is 0 Å². The van der Waals surface area contributed by atoms with E-state index in [1.54, 1.807) is 7.11 Å². The number of hydrogen-bond donors (Lipinski definition) is 1. The molecule has 0 amide bonds. The van der Waals surface area contributed by atoms with Gasteiger partial charge in [-0.1, -0.05) is 29.8 Å². The van der Waals surface area contributed by atoms with E-state index in [2.05, 4.69) is 34.1 Å². The van der Waals surface area contributed by atoms with Crippen molar-refractivity contribution in [3.63, 3.8) is 0 Å². The Morgan fingerprint density at radius 2 is 1.90 bits per heavy atom. The second kappa shape index (κ2) is 6.42. The van der Waals surface area contributed by atoms with Crippen LogP contribution in [0.4, 0.5) is 0 Å². The van der Waals surface area contributed by atoms with Crippen LogP contribution in [0.1, 0.15) is 28.4 Å². The molecule has 106 valence electrons. The molecule has 2 rings (SSSR count). The maximum absolute atomic E-state index is 10.5. The molecular weight excluding hydrogens is 316 g/mol. The van der Waals surface area contributed by atoms with Gasteiger partial charge in [-0.2, -0.15) is 0 Å². The molecule has 0 saturated heterocycles. The molecule has 0 heterocycles. The summed E-state index contributed by atoms with van der Waals surface area (Å²) >= 11 is 3.47. The highest BCUT2D eigenvalue weighted by Gasteiger charge is 2.12. The van der Waals surface area contributed by atoms with Gasteiger partial charge in [0.15, 0.2) is 0 Å².